The Morgan fingerprint density at radius 3 is 2.21 bits per heavy atom. The Labute approximate surface area is 87.8 Å². The Bertz CT molecular complexity index is 208. The van der Waals surface area contributed by atoms with Crippen LogP contribution in [-0.2, 0) is 4.79 Å². The lowest BCUT2D eigenvalue weighted by Gasteiger charge is -2.32. The molecule has 0 spiro atoms. The van der Waals surface area contributed by atoms with Crippen molar-refractivity contribution in [3.8, 4) is 0 Å². The zero-order valence-corrected chi connectivity index (χ0v) is 10.1. The van der Waals surface area contributed by atoms with E-state index in [1.807, 2.05) is 20.8 Å². The van der Waals surface area contributed by atoms with Crippen LogP contribution < -0.4 is 5.32 Å². The van der Waals surface area contributed by atoms with Gasteiger partial charge in [-0.1, -0.05) is 19.9 Å². The molecule has 0 saturated heterocycles. The second kappa shape index (κ2) is 5.30. The number of rotatable bonds is 6. The first-order chi connectivity index (χ1) is 6.33. The van der Waals surface area contributed by atoms with Crippen molar-refractivity contribution < 1.29 is 4.79 Å². The summed E-state index contributed by atoms with van der Waals surface area (Å²) >= 11 is 0. The monoisotopic (exact) mass is 197 g/mol. The van der Waals surface area contributed by atoms with E-state index in [-0.39, 0.29) is 11.7 Å². The molecule has 1 atom stereocenters. The van der Waals surface area contributed by atoms with Gasteiger partial charge in [0.25, 0.3) is 0 Å². The Balaban J connectivity index is 4.69. The quantitative estimate of drug-likeness (QED) is 0.663. The lowest BCUT2D eigenvalue weighted by Crippen LogP contribution is -2.53. The van der Waals surface area contributed by atoms with Crippen LogP contribution in [0.25, 0.3) is 0 Å². The maximum Gasteiger partial charge on any atom is 0.155 e. The number of ketones is 1. The van der Waals surface area contributed by atoms with Crippen molar-refractivity contribution in [2.45, 2.75) is 52.6 Å². The average Bonchev–Trinajstić information content (AvgIpc) is 2.01. The van der Waals surface area contributed by atoms with Gasteiger partial charge in [0.05, 0.1) is 5.54 Å². The highest BCUT2D eigenvalue weighted by Gasteiger charge is 2.33. The van der Waals surface area contributed by atoms with E-state index in [1.165, 1.54) is 0 Å². The van der Waals surface area contributed by atoms with Crippen LogP contribution in [-0.4, -0.2) is 17.4 Å². The Hall–Kier alpha value is -0.630. The summed E-state index contributed by atoms with van der Waals surface area (Å²) in [4.78, 5) is 12.0. The van der Waals surface area contributed by atoms with E-state index in [9.17, 15) is 4.79 Å². The summed E-state index contributed by atoms with van der Waals surface area (Å²) < 4.78 is 0. The van der Waals surface area contributed by atoms with E-state index in [1.54, 1.807) is 6.08 Å². The fourth-order valence-electron chi connectivity index (χ4n) is 1.79. The number of Topliss-reactive ketones (excluding diaryl/α,β-unsaturated/α-hetero) is 1. The van der Waals surface area contributed by atoms with Crippen molar-refractivity contribution >= 4 is 5.78 Å². The molecule has 0 aliphatic heterocycles. The first-order valence-electron chi connectivity index (χ1n) is 5.26. The van der Waals surface area contributed by atoms with E-state index in [4.69, 9.17) is 0 Å². The summed E-state index contributed by atoms with van der Waals surface area (Å²) in [5.41, 5.74) is -0.454. The minimum Gasteiger partial charge on any atom is -0.303 e. The van der Waals surface area contributed by atoms with Crippen molar-refractivity contribution in [2.24, 2.45) is 5.92 Å². The number of hydrogen-bond donors (Lipinski definition) is 1. The molecule has 1 N–H and O–H groups in total. The van der Waals surface area contributed by atoms with E-state index >= 15 is 0 Å². The number of hydrogen-bond acceptors (Lipinski definition) is 2. The number of carbonyl (C=O) groups excluding carboxylic acids is 1. The second-order valence-corrected chi connectivity index (χ2v) is 4.64. The van der Waals surface area contributed by atoms with Crippen LogP contribution in [0, 0.1) is 5.92 Å². The fourth-order valence-corrected chi connectivity index (χ4v) is 1.79. The molecular weight excluding hydrogens is 174 g/mol. The summed E-state index contributed by atoms with van der Waals surface area (Å²) in [6.45, 7) is 13.6. The first kappa shape index (κ1) is 13.4. The third-order valence-electron chi connectivity index (χ3n) is 2.23. The zero-order valence-electron chi connectivity index (χ0n) is 10.1. The largest absolute Gasteiger partial charge is 0.303 e. The van der Waals surface area contributed by atoms with Crippen molar-refractivity contribution in [1.29, 1.82) is 0 Å². The third kappa shape index (κ3) is 3.62. The minimum absolute atomic E-state index is 0.0613. The molecule has 0 bridgehead atoms. The number of carbonyl (C=O) groups is 1. The molecule has 0 aromatic rings. The molecule has 2 nitrogen and oxygen atoms in total. The molecule has 0 aliphatic carbocycles. The van der Waals surface area contributed by atoms with Crippen molar-refractivity contribution in [2.75, 3.05) is 0 Å². The fraction of sp³-hybridized carbons (Fsp3) is 0.750. The molecule has 82 valence electrons. The molecule has 0 unspecified atom stereocenters. The van der Waals surface area contributed by atoms with Crippen LogP contribution in [0.15, 0.2) is 12.7 Å². The molecule has 0 fully saturated rings. The molecule has 0 aromatic carbocycles. The molecule has 0 saturated carbocycles. The van der Waals surface area contributed by atoms with Crippen LogP contribution in [0.5, 0.6) is 0 Å². The SMILES string of the molecule is C=CC[C@](C)(NC(C)C)C(=O)C(C)C. The van der Waals surface area contributed by atoms with Crippen LogP contribution in [0.4, 0.5) is 0 Å². The van der Waals surface area contributed by atoms with Gasteiger partial charge in [-0.2, -0.15) is 0 Å². The minimum atomic E-state index is -0.454. The van der Waals surface area contributed by atoms with Gasteiger partial charge in [-0.3, -0.25) is 4.79 Å². The lowest BCUT2D eigenvalue weighted by atomic mass is 9.85. The topological polar surface area (TPSA) is 29.1 Å². The van der Waals surface area contributed by atoms with E-state index < -0.39 is 5.54 Å². The molecule has 2 heteroatoms. The van der Waals surface area contributed by atoms with Crippen LogP contribution in [0.1, 0.15) is 41.0 Å². The maximum absolute atomic E-state index is 12.0. The Morgan fingerprint density at radius 1 is 1.43 bits per heavy atom. The highest BCUT2D eigenvalue weighted by atomic mass is 16.1. The summed E-state index contributed by atoms with van der Waals surface area (Å²) in [5.74, 6) is 0.317. The molecule has 0 rings (SSSR count). The van der Waals surface area contributed by atoms with Gasteiger partial charge in [0.1, 0.15) is 0 Å². The normalized spacial score (nSPS) is 15.6. The predicted octanol–water partition coefficient (Wildman–Crippen LogP) is 2.54. The predicted molar refractivity (Wildman–Crippen MR) is 61.3 cm³/mol. The Morgan fingerprint density at radius 2 is 1.93 bits per heavy atom. The molecule has 0 amide bonds. The van der Waals surface area contributed by atoms with Gasteiger partial charge in [-0.25, -0.2) is 0 Å². The van der Waals surface area contributed by atoms with Crippen LogP contribution in [0.3, 0.4) is 0 Å². The summed E-state index contributed by atoms with van der Waals surface area (Å²) in [7, 11) is 0. The summed E-state index contributed by atoms with van der Waals surface area (Å²) in [6, 6.07) is 0.308. The van der Waals surface area contributed by atoms with Gasteiger partial charge in [0, 0.05) is 12.0 Å². The maximum atomic E-state index is 12.0. The number of nitrogens with one attached hydrogen (secondary N) is 1. The molecule has 0 aromatic heterocycles. The highest BCUT2D eigenvalue weighted by molar-refractivity contribution is 5.89. The Kier molecular flexibility index (Phi) is 5.06. The average molecular weight is 197 g/mol. The summed E-state index contributed by atoms with van der Waals surface area (Å²) in [6.07, 6.45) is 2.48. The standard InChI is InChI=1S/C12H23NO/c1-7-8-12(6,13-10(4)5)11(14)9(2)3/h7,9-10,13H,1,8H2,2-6H3/t12-/m0/s1. The van der Waals surface area contributed by atoms with E-state index in [0.29, 0.717) is 12.5 Å². The molecule has 0 aliphatic rings. The van der Waals surface area contributed by atoms with Crippen molar-refractivity contribution in [3.05, 3.63) is 12.7 Å². The zero-order chi connectivity index (χ0) is 11.4. The first-order valence-corrected chi connectivity index (χ1v) is 5.26. The molecule has 0 radical (unpaired) electrons. The third-order valence-corrected chi connectivity index (χ3v) is 2.23. The molecular formula is C12H23NO. The van der Waals surface area contributed by atoms with Gasteiger partial charge in [-0.05, 0) is 27.2 Å². The van der Waals surface area contributed by atoms with Gasteiger partial charge < -0.3 is 5.32 Å². The lowest BCUT2D eigenvalue weighted by molar-refractivity contribution is -0.128. The van der Waals surface area contributed by atoms with Crippen LogP contribution >= 0.6 is 0 Å². The van der Waals surface area contributed by atoms with E-state index in [0.717, 1.165) is 0 Å². The van der Waals surface area contributed by atoms with E-state index in [2.05, 4.69) is 25.7 Å². The van der Waals surface area contributed by atoms with Gasteiger partial charge >= 0.3 is 0 Å². The highest BCUT2D eigenvalue weighted by Crippen LogP contribution is 2.17. The van der Waals surface area contributed by atoms with Crippen LogP contribution in [0.2, 0.25) is 0 Å². The van der Waals surface area contributed by atoms with Crippen molar-refractivity contribution in [1.82, 2.24) is 5.32 Å². The van der Waals surface area contributed by atoms with Gasteiger partial charge in [-0.15, -0.1) is 6.58 Å². The molecule has 0 heterocycles. The summed E-state index contributed by atoms with van der Waals surface area (Å²) in [5, 5.41) is 3.32. The van der Waals surface area contributed by atoms with Gasteiger partial charge in [0.15, 0.2) is 5.78 Å². The smallest absolute Gasteiger partial charge is 0.155 e. The second-order valence-electron chi connectivity index (χ2n) is 4.64. The van der Waals surface area contributed by atoms with Crippen molar-refractivity contribution in [3.63, 3.8) is 0 Å². The van der Waals surface area contributed by atoms with Gasteiger partial charge in [0.2, 0.25) is 0 Å². The molecule has 14 heavy (non-hydrogen) atoms.